The van der Waals surface area contributed by atoms with Crippen LogP contribution in [-0.2, 0) is 24.3 Å². The third-order valence-electron chi connectivity index (χ3n) is 8.06. The molecule has 0 saturated carbocycles. The largest absolute Gasteiger partial charge is 0.323 e. The summed E-state index contributed by atoms with van der Waals surface area (Å²) in [7, 11) is 0. The van der Waals surface area contributed by atoms with Crippen molar-refractivity contribution in [1.29, 1.82) is 0 Å². The van der Waals surface area contributed by atoms with Gasteiger partial charge in [-0.15, -0.1) is 11.3 Å². The van der Waals surface area contributed by atoms with Gasteiger partial charge < -0.3 is 5.32 Å². The van der Waals surface area contributed by atoms with Crippen LogP contribution in [0.25, 0.3) is 0 Å². The number of thiophene rings is 1. The molecule has 1 unspecified atom stereocenters. The van der Waals surface area contributed by atoms with Crippen molar-refractivity contribution >= 4 is 23.3 Å². The standard InChI is InChI=1S/C28H38N4O2S/c33-26-28(30-27(34)29-26,15-7-10-22-8-3-1-4-9-22)23-13-18-32(19-14-23)21-25-12-11-24(35-25)20-31-16-5-2-6-17-31/h1,3-4,8-9,11-12,23H,2,5-7,10,13-21H2,(H2,29,30,33,34). The van der Waals surface area contributed by atoms with Crippen molar-refractivity contribution in [1.82, 2.24) is 20.4 Å². The number of piperidine rings is 2. The van der Waals surface area contributed by atoms with E-state index in [0.29, 0.717) is 6.42 Å². The van der Waals surface area contributed by atoms with Gasteiger partial charge in [0.1, 0.15) is 5.54 Å². The molecule has 2 N–H and O–H groups in total. The Labute approximate surface area is 213 Å². The summed E-state index contributed by atoms with van der Waals surface area (Å²) >= 11 is 1.95. The first-order chi connectivity index (χ1) is 17.1. The van der Waals surface area contributed by atoms with Crippen molar-refractivity contribution in [2.24, 2.45) is 5.92 Å². The molecule has 3 saturated heterocycles. The minimum absolute atomic E-state index is 0.130. The first-order valence-corrected chi connectivity index (χ1v) is 14.1. The lowest BCUT2D eigenvalue weighted by Gasteiger charge is -2.40. The lowest BCUT2D eigenvalue weighted by Crippen LogP contribution is -2.56. The van der Waals surface area contributed by atoms with Gasteiger partial charge in [0.25, 0.3) is 5.91 Å². The lowest BCUT2D eigenvalue weighted by molar-refractivity contribution is -0.127. The quantitative estimate of drug-likeness (QED) is 0.502. The van der Waals surface area contributed by atoms with E-state index in [1.54, 1.807) is 0 Å². The fourth-order valence-electron chi connectivity index (χ4n) is 6.12. The van der Waals surface area contributed by atoms with Crippen LogP contribution < -0.4 is 10.6 Å². The van der Waals surface area contributed by atoms with Crippen LogP contribution >= 0.6 is 11.3 Å². The highest BCUT2D eigenvalue weighted by molar-refractivity contribution is 7.11. The van der Waals surface area contributed by atoms with Gasteiger partial charge in [-0.1, -0.05) is 36.8 Å². The SMILES string of the molecule is O=C1NC(=O)C(CCCc2ccccc2)(C2CCN(Cc3ccc(CN4CCCCC4)s3)CC2)N1. The number of hydrogen-bond donors (Lipinski definition) is 2. The van der Waals surface area contributed by atoms with E-state index in [0.717, 1.165) is 51.9 Å². The zero-order chi connectivity index (χ0) is 24.1. The Morgan fingerprint density at radius 2 is 1.51 bits per heavy atom. The molecule has 1 atom stereocenters. The molecule has 5 rings (SSSR count). The number of aryl methyl sites for hydroxylation is 1. The minimum atomic E-state index is -0.761. The van der Waals surface area contributed by atoms with Gasteiger partial charge in [-0.25, -0.2) is 4.79 Å². The number of likely N-dealkylation sites (tertiary alicyclic amines) is 2. The first-order valence-electron chi connectivity index (χ1n) is 13.3. The van der Waals surface area contributed by atoms with Gasteiger partial charge >= 0.3 is 6.03 Å². The van der Waals surface area contributed by atoms with E-state index in [1.807, 2.05) is 17.4 Å². The number of nitrogens with zero attached hydrogens (tertiary/aromatic N) is 2. The number of hydrogen-bond acceptors (Lipinski definition) is 5. The second kappa shape index (κ2) is 11.2. The van der Waals surface area contributed by atoms with E-state index in [4.69, 9.17) is 0 Å². The Hall–Kier alpha value is -2.22. The summed E-state index contributed by atoms with van der Waals surface area (Å²) < 4.78 is 0. The van der Waals surface area contributed by atoms with Crippen molar-refractivity contribution in [2.45, 2.75) is 70.0 Å². The Balaban J connectivity index is 1.14. The summed E-state index contributed by atoms with van der Waals surface area (Å²) in [4.78, 5) is 33.1. The third kappa shape index (κ3) is 5.96. The van der Waals surface area contributed by atoms with Gasteiger partial charge in [-0.2, -0.15) is 0 Å². The van der Waals surface area contributed by atoms with Gasteiger partial charge in [0.2, 0.25) is 0 Å². The molecule has 0 radical (unpaired) electrons. The molecule has 3 amide bonds. The summed E-state index contributed by atoms with van der Waals surface area (Å²) in [5.41, 5.74) is 0.514. The average molecular weight is 495 g/mol. The monoisotopic (exact) mass is 494 g/mol. The Kier molecular flexibility index (Phi) is 7.85. The molecule has 2 aromatic rings. The maximum absolute atomic E-state index is 13.0. The molecule has 3 fully saturated rings. The number of imide groups is 1. The van der Waals surface area contributed by atoms with Gasteiger partial charge in [0.15, 0.2) is 0 Å². The van der Waals surface area contributed by atoms with Crippen molar-refractivity contribution in [3.05, 3.63) is 57.8 Å². The number of nitrogens with one attached hydrogen (secondary N) is 2. The van der Waals surface area contributed by atoms with Crippen LogP contribution in [-0.4, -0.2) is 53.5 Å². The summed E-state index contributed by atoms with van der Waals surface area (Å²) in [5.74, 6) is 0.0496. The molecule has 1 aromatic carbocycles. The van der Waals surface area contributed by atoms with E-state index >= 15 is 0 Å². The van der Waals surface area contributed by atoms with Crippen LogP contribution in [0.2, 0.25) is 0 Å². The Morgan fingerprint density at radius 3 is 2.14 bits per heavy atom. The van der Waals surface area contributed by atoms with E-state index in [-0.39, 0.29) is 17.9 Å². The number of benzene rings is 1. The van der Waals surface area contributed by atoms with Crippen LogP contribution in [0.1, 0.15) is 60.3 Å². The Morgan fingerprint density at radius 1 is 0.857 bits per heavy atom. The zero-order valence-electron chi connectivity index (χ0n) is 20.6. The molecular formula is C28H38N4O2S. The maximum Gasteiger partial charge on any atom is 0.322 e. The van der Waals surface area contributed by atoms with Crippen molar-refractivity contribution in [3.8, 4) is 0 Å². The maximum atomic E-state index is 13.0. The third-order valence-corrected chi connectivity index (χ3v) is 9.11. The van der Waals surface area contributed by atoms with Gasteiger partial charge in [0.05, 0.1) is 0 Å². The predicted octanol–water partition coefficient (Wildman–Crippen LogP) is 4.55. The number of carbonyl (C=O) groups is 2. The van der Waals surface area contributed by atoms with Crippen LogP contribution in [0.5, 0.6) is 0 Å². The van der Waals surface area contributed by atoms with Crippen LogP contribution in [0, 0.1) is 5.92 Å². The van der Waals surface area contributed by atoms with Gasteiger partial charge in [-0.3, -0.25) is 19.9 Å². The highest BCUT2D eigenvalue weighted by Crippen LogP contribution is 2.35. The molecule has 0 spiro atoms. The predicted molar refractivity (Wildman–Crippen MR) is 140 cm³/mol. The number of amides is 3. The van der Waals surface area contributed by atoms with Crippen molar-refractivity contribution in [2.75, 3.05) is 26.2 Å². The van der Waals surface area contributed by atoms with Crippen molar-refractivity contribution < 1.29 is 9.59 Å². The molecule has 0 aliphatic carbocycles. The summed E-state index contributed by atoms with van der Waals surface area (Å²) in [6, 6.07) is 14.6. The van der Waals surface area contributed by atoms with Gasteiger partial charge in [-0.05, 0) is 94.7 Å². The lowest BCUT2D eigenvalue weighted by atomic mass is 9.74. The topological polar surface area (TPSA) is 64.7 Å². The zero-order valence-corrected chi connectivity index (χ0v) is 21.5. The van der Waals surface area contributed by atoms with Crippen LogP contribution in [0.4, 0.5) is 4.79 Å². The molecule has 3 aliphatic rings. The fraction of sp³-hybridized carbons (Fsp3) is 0.571. The summed E-state index contributed by atoms with van der Waals surface area (Å²) in [6.07, 6.45) is 8.40. The molecule has 4 heterocycles. The number of urea groups is 1. The average Bonchev–Trinajstić information content (AvgIpc) is 3.43. The molecular weight excluding hydrogens is 456 g/mol. The van der Waals surface area contributed by atoms with E-state index < -0.39 is 5.54 Å². The minimum Gasteiger partial charge on any atom is -0.323 e. The van der Waals surface area contributed by atoms with Crippen molar-refractivity contribution in [3.63, 3.8) is 0 Å². The highest BCUT2D eigenvalue weighted by atomic mass is 32.1. The van der Waals surface area contributed by atoms with E-state index in [2.05, 4.69) is 56.8 Å². The molecule has 1 aromatic heterocycles. The smallest absolute Gasteiger partial charge is 0.322 e. The van der Waals surface area contributed by atoms with E-state index in [1.165, 1.54) is 47.7 Å². The van der Waals surface area contributed by atoms with E-state index in [9.17, 15) is 9.59 Å². The molecule has 0 bridgehead atoms. The molecule has 3 aliphatic heterocycles. The second-order valence-corrected chi connectivity index (χ2v) is 11.7. The van der Waals surface area contributed by atoms with Crippen LogP contribution in [0.15, 0.2) is 42.5 Å². The highest BCUT2D eigenvalue weighted by Gasteiger charge is 2.51. The Bertz CT molecular complexity index is 995. The number of carbonyl (C=O) groups excluding carboxylic acids is 2. The number of rotatable bonds is 9. The molecule has 35 heavy (non-hydrogen) atoms. The second-order valence-electron chi connectivity index (χ2n) is 10.5. The fourth-order valence-corrected chi connectivity index (χ4v) is 7.23. The summed E-state index contributed by atoms with van der Waals surface area (Å²) in [5, 5.41) is 5.60. The van der Waals surface area contributed by atoms with Gasteiger partial charge in [0, 0.05) is 22.8 Å². The first kappa shape index (κ1) is 24.5. The molecule has 7 heteroatoms. The normalized spacial score (nSPS) is 24.5. The molecule has 188 valence electrons. The molecule has 6 nitrogen and oxygen atoms in total. The van der Waals surface area contributed by atoms with Crippen LogP contribution in [0.3, 0.4) is 0 Å². The summed E-state index contributed by atoms with van der Waals surface area (Å²) in [6.45, 7) is 6.47.